The zero-order valence-electron chi connectivity index (χ0n) is 22.5. The highest BCUT2D eigenvalue weighted by Gasteiger charge is 2.84. The lowest BCUT2D eigenvalue weighted by atomic mass is 9.43. The van der Waals surface area contributed by atoms with E-state index >= 15 is 0 Å². The van der Waals surface area contributed by atoms with Crippen molar-refractivity contribution >= 4 is 12.3 Å². The monoisotopic (exact) mass is 502 g/mol. The van der Waals surface area contributed by atoms with E-state index in [0.717, 1.165) is 31.1 Å². The number of carbonyl (C=O) groups is 2. The van der Waals surface area contributed by atoms with Crippen molar-refractivity contribution < 1.29 is 33.6 Å². The van der Waals surface area contributed by atoms with E-state index in [-0.39, 0.29) is 42.7 Å². The number of hydrogen-bond acceptors (Lipinski definition) is 6. The summed E-state index contributed by atoms with van der Waals surface area (Å²) >= 11 is 0. The number of hydrogen-bond donors (Lipinski definition) is 1. The lowest BCUT2D eigenvalue weighted by Gasteiger charge is -2.58. The molecule has 0 spiro atoms. The topological polar surface area (TPSA) is 91.3 Å². The van der Waals surface area contributed by atoms with Gasteiger partial charge in [-0.25, -0.2) is 0 Å². The van der Waals surface area contributed by atoms with Crippen LogP contribution < -0.4 is 0 Å². The molecule has 6 rings (SSSR count). The molecule has 7 nitrogen and oxygen atoms in total. The summed E-state index contributed by atoms with van der Waals surface area (Å²) in [4.78, 5) is 26.7. The second kappa shape index (κ2) is 7.87. The van der Waals surface area contributed by atoms with Crippen molar-refractivity contribution in [2.24, 2.45) is 45.8 Å². The molecular formula is C29H42O7. The molecule has 36 heavy (non-hydrogen) atoms. The SMILES string of the molecule is CC(C)C1=C[C@@H]2C[C@]3(C=O)[C@@H]4CC[C@@H](C)[C@H]4C[C@@]2(CO[C@H]2C[C@@H]4OC(C)(C)O[C@@H]4[C@@H](C)O2)[C@]13C(=O)O. The van der Waals surface area contributed by atoms with E-state index in [4.69, 9.17) is 18.9 Å². The zero-order valence-corrected chi connectivity index (χ0v) is 22.5. The van der Waals surface area contributed by atoms with E-state index in [1.54, 1.807) is 0 Å². The van der Waals surface area contributed by atoms with Crippen molar-refractivity contribution in [1.82, 2.24) is 0 Å². The molecule has 200 valence electrons. The van der Waals surface area contributed by atoms with Gasteiger partial charge < -0.3 is 28.8 Å². The number of rotatable bonds is 6. The van der Waals surface area contributed by atoms with Crippen LogP contribution in [0.2, 0.25) is 0 Å². The van der Waals surface area contributed by atoms with Crippen LogP contribution in [0, 0.1) is 45.8 Å². The Bertz CT molecular complexity index is 988. The molecule has 0 aromatic rings. The van der Waals surface area contributed by atoms with E-state index in [9.17, 15) is 14.7 Å². The molecule has 0 aromatic carbocycles. The first-order valence-electron chi connectivity index (χ1n) is 14.0. The van der Waals surface area contributed by atoms with E-state index in [0.29, 0.717) is 24.7 Å². The third-order valence-electron chi connectivity index (χ3n) is 11.1. The summed E-state index contributed by atoms with van der Waals surface area (Å²) in [6, 6.07) is 0. The molecule has 0 unspecified atom stereocenters. The quantitative estimate of drug-likeness (QED) is 0.420. The van der Waals surface area contributed by atoms with Crippen LogP contribution in [0.4, 0.5) is 0 Å². The highest BCUT2D eigenvalue weighted by atomic mass is 16.8. The maximum Gasteiger partial charge on any atom is 0.315 e. The van der Waals surface area contributed by atoms with E-state index in [1.165, 1.54) is 0 Å². The molecular weight excluding hydrogens is 460 g/mol. The maximum atomic E-state index is 13.6. The third kappa shape index (κ3) is 2.89. The molecule has 2 heterocycles. The number of ether oxygens (including phenoxy) is 4. The largest absolute Gasteiger partial charge is 0.481 e. The van der Waals surface area contributed by atoms with Crippen molar-refractivity contribution in [3.63, 3.8) is 0 Å². The zero-order chi connectivity index (χ0) is 25.8. The van der Waals surface area contributed by atoms with Crippen molar-refractivity contribution in [3.05, 3.63) is 11.6 Å². The summed E-state index contributed by atoms with van der Waals surface area (Å²) in [6.07, 6.45) is 6.29. The molecule has 4 bridgehead atoms. The molecule has 1 N–H and O–H groups in total. The third-order valence-corrected chi connectivity index (χ3v) is 11.1. The van der Waals surface area contributed by atoms with Crippen LogP contribution in [-0.4, -0.2) is 54.4 Å². The van der Waals surface area contributed by atoms with Gasteiger partial charge >= 0.3 is 5.97 Å². The predicted molar refractivity (Wildman–Crippen MR) is 131 cm³/mol. The molecule has 3 saturated carbocycles. The van der Waals surface area contributed by atoms with Gasteiger partial charge in [-0.2, -0.15) is 0 Å². The summed E-state index contributed by atoms with van der Waals surface area (Å²) in [5.74, 6) is -0.471. The fourth-order valence-electron chi connectivity index (χ4n) is 9.99. The van der Waals surface area contributed by atoms with Crippen LogP contribution in [0.5, 0.6) is 0 Å². The Hall–Kier alpha value is -1.28. The van der Waals surface area contributed by atoms with Gasteiger partial charge in [-0.15, -0.1) is 0 Å². The Morgan fingerprint density at radius 1 is 1.22 bits per heavy atom. The molecule has 0 radical (unpaired) electrons. The number of fused-ring (bicyclic) bond motifs is 3. The molecule has 0 aromatic heterocycles. The van der Waals surface area contributed by atoms with Gasteiger partial charge in [-0.3, -0.25) is 4.79 Å². The summed E-state index contributed by atoms with van der Waals surface area (Å²) in [5.41, 5.74) is -1.79. The smallest absolute Gasteiger partial charge is 0.315 e. The second-order valence-electron chi connectivity index (χ2n) is 13.4. The minimum absolute atomic E-state index is 0.0211. The fraction of sp³-hybridized carbons (Fsp3) is 0.862. The highest BCUT2D eigenvalue weighted by Crippen LogP contribution is 2.82. The van der Waals surface area contributed by atoms with Crippen molar-refractivity contribution in [3.8, 4) is 0 Å². The lowest BCUT2D eigenvalue weighted by molar-refractivity contribution is -0.248. The number of carbonyl (C=O) groups excluding carboxylic acids is 1. The first-order valence-corrected chi connectivity index (χ1v) is 14.0. The van der Waals surface area contributed by atoms with Gasteiger partial charge in [0.05, 0.1) is 24.2 Å². The average Bonchev–Trinajstić information content (AvgIpc) is 3.47. The molecule has 6 aliphatic rings. The van der Waals surface area contributed by atoms with Crippen LogP contribution in [0.15, 0.2) is 11.6 Å². The summed E-state index contributed by atoms with van der Waals surface area (Å²) < 4.78 is 25.0. The summed E-state index contributed by atoms with van der Waals surface area (Å²) in [5, 5.41) is 11.1. The molecule has 0 amide bonds. The number of carboxylic acids is 1. The first-order chi connectivity index (χ1) is 16.9. The Morgan fingerprint density at radius 2 is 1.97 bits per heavy atom. The van der Waals surface area contributed by atoms with Crippen LogP contribution in [0.25, 0.3) is 0 Å². The van der Waals surface area contributed by atoms with Crippen LogP contribution in [0.3, 0.4) is 0 Å². The van der Waals surface area contributed by atoms with E-state index < -0.39 is 34.3 Å². The van der Waals surface area contributed by atoms with Gasteiger partial charge in [0.2, 0.25) is 0 Å². The van der Waals surface area contributed by atoms with Gasteiger partial charge in [-0.1, -0.05) is 38.8 Å². The maximum absolute atomic E-state index is 13.6. The van der Waals surface area contributed by atoms with Gasteiger partial charge in [0.25, 0.3) is 0 Å². The normalized spacial score (nSPS) is 52.2. The van der Waals surface area contributed by atoms with Crippen molar-refractivity contribution in [2.75, 3.05) is 6.61 Å². The molecule has 5 fully saturated rings. The second-order valence-corrected chi connectivity index (χ2v) is 13.4. The van der Waals surface area contributed by atoms with Gasteiger partial charge in [0.15, 0.2) is 12.1 Å². The van der Waals surface area contributed by atoms with Gasteiger partial charge in [-0.05, 0) is 69.6 Å². The van der Waals surface area contributed by atoms with Gasteiger partial charge in [0, 0.05) is 11.8 Å². The Morgan fingerprint density at radius 3 is 2.64 bits per heavy atom. The van der Waals surface area contributed by atoms with E-state index in [2.05, 4.69) is 26.8 Å². The first kappa shape index (κ1) is 25.0. The van der Waals surface area contributed by atoms with Crippen molar-refractivity contribution in [1.29, 1.82) is 0 Å². The average molecular weight is 503 g/mol. The fourth-order valence-corrected chi connectivity index (χ4v) is 9.99. The van der Waals surface area contributed by atoms with Crippen molar-refractivity contribution in [2.45, 2.75) is 104 Å². The number of aldehydes is 1. The minimum atomic E-state index is -1.22. The summed E-state index contributed by atoms with van der Waals surface area (Å²) in [7, 11) is 0. The van der Waals surface area contributed by atoms with Crippen LogP contribution in [-0.2, 0) is 28.5 Å². The molecule has 7 heteroatoms. The molecule has 11 atom stereocenters. The minimum Gasteiger partial charge on any atom is -0.481 e. The standard InChI is InChI=1S/C29H42O7/c1-15(2)21-9-18-11-27(13-30)20-8-7-16(3)19(20)12-28(18,29(21,27)25(31)32)14-33-23-10-22-24(17(4)34-23)36-26(5,6)35-22/h9,13,15-20,22-24H,7-8,10-12,14H2,1-6H3,(H,31,32)/t16-,17-,18-,19-,20-,22+,23-,24-,27+,28+,29+/m1/s1. The number of carboxylic acid groups (broad SMARTS) is 1. The Kier molecular flexibility index (Phi) is 5.47. The predicted octanol–water partition coefficient (Wildman–Crippen LogP) is 4.58. The van der Waals surface area contributed by atoms with Gasteiger partial charge in [0.1, 0.15) is 17.8 Å². The Balaban J connectivity index is 1.37. The van der Waals surface area contributed by atoms with Crippen LogP contribution >= 0.6 is 0 Å². The van der Waals surface area contributed by atoms with E-state index in [1.807, 2.05) is 20.8 Å². The molecule has 2 saturated heterocycles. The highest BCUT2D eigenvalue weighted by molar-refractivity contribution is 5.90. The molecule has 4 aliphatic carbocycles. The summed E-state index contributed by atoms with van der Waals surface area (Å²) in [6.45, 7) is 12.5. The molecule has 2 aliphatic heterocycles. The Labute approximate surface area is 214 Å². The number of allylic oxidation sites excluding steroid dienone is 1. The number of aliphatic carboxylic acids is 1. The van der Waals surface area contributed by atoms with Crippen LogP contribution in [0.1, 0.15) is 73.6 Å². The lowest BCUT2D eigenvalue weighted by Crippen LogP contribution is -2.63.